The molecule has 0 saturated heterocycles. The number of carboxylic acid groups (broad SMARTS) is 1. The van der Waals surface area contributed by atoms with Crippen molar-refractivity contribution in [3.05, 3.63) is 53.5 Å². The number of nitrogens with zero attached hydrogens (tertiary/aromatic N) is 2. The van der Waals surface area contributed by atoms with E-state index in [0.717, 1.165) is 28.6 Å². The fourth-order valence-corrected chi connectivity index (χ4v) is 1.76. The Morgan fingerprint density at radius 2 is 2.00 bits per heavy atom. The van der Waals surface area contributed by atoms with Crippen LogP contribution in [-0.2, 0) is 4.79 Å². The molecular weight excluding hydrogens is 240 g/mol. The maximum absolute atomic E-state index is 10.5. The van der Waals surface area contributed by atoms with E-state index >= 15 is 0 Å². The first kappa shape index (κ1) is 13.0. The molecule has 1 aromatic heterocycles. The van der Waals surface area contributed by atoms with Crippen LogP contribution in [0.2, 0.25) is 0 Å². The third-order valence-corrected chi connectivity index (χ3v) is 2.56. The van der Waals surface area contributed by atoms with Gasteiger partial charge in [-0.25, -0.2) is 14.8 Å². The zero-order chi connectivity index (χ0) is 13.8. The van der Waals surface area contributed by atoms with Crippen molar-refractivity contribution in [1.29, 1.82) is 0 Å². The second kappa shape index (κ2) is 5.44. The third-order valence-electron chi connectivity index (χ3n) is 2.56. The Labute approximate surface area is 111 Å². The Balaban J connectivity index is 2.44. The summed E-state index contributed by atoms with van der Waals surface area (Å²) in [5.41, 5.74) is 3.74. The van der Waals surface area contributed by atoms with E-state index in [1.807, 2.05) is 44.2 Å². The molecule has 0 aliphatic heterocycles. The lowest BCUT2D eigenvalue weighted by atomic mass is 10.1. The lowest BCUT2D eigenvalue weighted by Crippen LogP contribution is -1.95. The molecule has 0 saturated carbocycles. The molecule has 4 heteroatoms. The Morgan fingerprint density at radius 1 is 1.21 bits per heavy atom. The van der Waals surface area contributed by atoms with E-state index in [0.29, 0.717) is 5.82 Å². The van der Waals surface area contributed by atoms with Crippen molar-refractivity contribution in [3.63, 3.8) is 0 Å². The second-order valence-electron chi connectivity index (χ2n) is 4.29. The Hall–Kier alpha value is -2.49. The van der Waals surface area contributed by atoms with E-state index in [9.17, 15) is 4.79 Å². The van der Waals surface area contributed by atoms with Gasteiger partial charge in [-0.1, -0.05) is 23.8 Å². The van der Waals surface area contributed by atoms with Crippen LogP contribution in [-0.4, -0.2) is 21.0 Å². The number of aliphatic carboxylic acids is 1. The Kier molecular flexibility index (Phi) is 3.71. The number of benzene rings is 1. The Morgan fingerprint density at radius 3 is 2.68 bits per heavy atom. The van der Waals surface area contributed by atoms with Gasteiger partial charge < -0.3 is 5.11 Å². The molecule has 0 aliphatic rings. The maximum atomic E-state index is 10.5. The number of rotatable bonds is 3. The van der Waals surface area contributed by atoms with Gasteiger partial charge in [-0.3, -0.25) is 0 Å². The number of carboxylic acids is 1. The van der Waals surface area contributed by atoms with Crippen LogP contribution < -0.4 is 0 Å². The average molecular weight is 254 g/mol. The number of aryl methyl sites for hydroxylation is 2. The summed E-state index contributed by atoms with van der Waals surface area (Å²) in [5, 5.41) is 8.62. The third kappa shape index (κ3) is 3.48. The van der Waals surface area contributed by atoms with Crippen LogP contribution in [0.1, 0.15) is 17.1 Å². The van der Waals surface area contributed by atoms with Crippen LogP contribution in [0.3, 0.4) is 0 Å². The number of carbonyl (C=O) groups is 1. The lowest BCUT2D eigenvalue weighted by Gasteiger charge is -2.04. The van der Waals surface area contributed by atoms with E-state index in [-0.39, 0.29) is 0 Å². The van der Waals surface area contributed by atoms with Gasteiger partial charge in [-0.05, 0) is 32.1 Å². The largest absolute Gasteiger partial charge is 0.478 e. The molecular formula is C15H14N2O2. The highest BCUT2D eigenvalue weighted by molar-refractivity contribution is 5.84. The van der Waals surface area contributed by atoms with Gasteiger partial charge in [0, 0.05) is 17.3 Å². The summed E-state index contributed by atoms with van der Waals surface area (Å²) in [6, 6.07) is 9.87. The summed E-state index contributed by atoms with van der Waals surface area (Å²) < 4.78 is 0. The highest BCUT2D eigenvalue weighted by atomic mass is 16.4. The van der Waals surface area contributed by atoms with Crippen LogP contribution in [0.4, 0.5) is 0 Å². The van der Waals surface area contributed by atoms with Crippen molar-refractivity contribution in [2.75, 3.05) is 0 Å². The molecule has 19 heavy (non-hydrogen) atoms. The van der Waals surface area contributed by atoms with E-state index in [2.05, 4.69) is 9.97 Å². The normalized spacial score (nSPS) is 10.8. The molecule has 1 heterocycles. The molecule has 0 atom stereocenters. The minimum absolute atomic E-state index is 0.402. The van der Waals surface area contributed by atoms with Gasteiger partial charge in [-0.15, -0.1) is 0 Å². The first-order valence-corrected chi connectivity index (χ1v) is 5.88. The standard InChI is InChI=1S/C15H14N2O2/c1-10-4-3-5-12(8-10)13-9-11(2)16-14(17-13)6-7-15(18)19/h3-9H,1-2H3,(H,18,19)/b7-6+. The van der Waals surface area contributed by atoms with E-state index in [1.165, 1.54) is 6.08 Å². The number of hydrogen-bond donors (Lipinski definition) is 1. The number of hydrogen-bond acceptors (Lipinski definition) is 3. The number of aromatic nitrogens is 2. The van der Waals surface area contributed by atoms with E-state index in [1.54, 1.807) is 0 Å². The van der Waals surface area contributed by atoms with Gasteiger partial charge in [0.25, 0.3) is 0 Å². The summed E-state index contributed by atoms with van der Waals surface area (Å²) >= 11 is 0. The zero-order valence-corrected chi connectivity index (χ0v) is 10.8. The van der Waals surface area contributed by atoms with Gasteiger partial charge >= 0.3 is 5.97 Å². The molecule has 0 bridgehead atoms. The minimum atomic E-state index is -1.01. The van der Waals surface area contributed by atoms with Crippen LogP contribution in [0.15, 0.2) is 36.4 Å². The quantitative estimate of drug-likeness (QED) is 0.855. The molecule has 0 spiro atoms. The predicted octanol–water partition coefficient (Wildman–Crippen LogP) is 2.86. The van der Waals surface area contributed by atoms with Gasteiger partial charge in [-0.2, -0.15) is 0 Å². The first-order chi connectivity index (χ1) is 9.04. The lowest BCUT2D eigenvalue weighted by molar-refractivity contribution is -0.131. The van der Waals surface area contributed by atoms with Crippen LogP contribution in [0, 0.1) is 13.8 Å². The van der Waals surface area contributed by atoms with Crippen molar-refractivity contribution in [2.24, 2.45) is 0 Å². The summed E-state index contributed by atoms with van der Waals surface area (Å²) in [6.07, 6.45) is 2.43. The van der Waals surface area contributed by atoms with Gasteiger partial charge in [0.1, 0.15) is 0 Å². The molecule has 0 radical (unpaired) electrons. The van der Waals surface area contributed by atoms with Crippen LogP contribution in [0.25, 0.3) is 17.3 Å². The maximum Gasteiger partial charge on any atom is 0.328 e. The zero-order valence-electron chi connectivity index (χ0n) is 10.8. The molecule has 2 rings (SSSR count). The van der Waals surface area contributed by atoms with Crippen molar-refractivity contribution in [1.82, 2.24) is 9.97 Å². The molecule has 0 fully saturated rings. The topological polar surface area (TPSA) is 63.1 Å². The van der Waals surface area contributed by atoms with Crippen molar-refractivity contribution in [2.45, 2.75) is 13.8 Å². The highest BCUT2D eigenvalue weighted by Crippen LogP contribution is 2.19. The minimum Gasteiger partial charge on any atom is -0.478 e. The van der Waals surface area contributed by atoms with Crippen molar-refractivity contribution < 1.29 is 9.90 Å². The smallest absolute Gasteiger partial charge is 0.328 e. The molecule has 0 aliphatic carbocycles. The summed E-state index contributed by atoms with van der Waals surface area (Å²) in [5.74, 6) is -0.610. The fourth-order valence-electron chi connectivity index (χ4n) is 1.76. The van der Waals surface area contributed by atoms with Crippen LogP contribution >= 0.6 is 0 Å². The monoisotopic (exact) mass is 254 g/mol. The molecule has 0 unspecified atom stereocenters. The van der Waals surface area contributed by atoms with E-state index < -0.39 is 5.97 Å². The van der Waals surface area contributed by atoms with Crippen LogP contribution in [0.5, 0.6) is 0 Å². The predicted molar refractivity (Wildman–Crippen MR) is 73.6 cm³/mol. The summed E-state index contributed by atoms with van der Waals surface area (Å²) in [7, 11) is 0. The first-order valence-electron chi connectivity index (χ1n) is 5.88. The fraction of sp³-hybridized carbons (Fsp3) is 0.133. The molecule has 4 nitrogen and oxygen atoms in total. The molecule has 1 N–H and O–H groups in total. The van der Waals surface area contributed by atoms with Gasteiger partial charge in [0.05, 0.1) is 5.69 Å². The molecule has 96 valence electrons. The molecule has 2 aromatic rings. The summed E-state index contributed by atoms with van der Waals surface area (Å²) in [4.78, 5) is 19.1. The van der Waals surface area contributed by atoms with Crippen molar-refractivity contribution >= 4 is 12.0 Å². The average Bonchev–Trinajstić information content (AvgIpc) is 2.36. The molecule has 1 aromatic carbocycles. The highest BCUT2D eigenvalue weighted by Gasteiger charge is 2.03. The summed E-state index contributed by atoms with van der Waals surface area (Å²) in [6.45, 7) is 3.88. The second-order valence-corrected chi connectivity index (χ2v) is 4.29. The van der Waals surface area contributed by atoms with Gasteiger partial charge in [0.15, 0.2) is 5.82 Å². The molecule has 0 amide bonds. The SMILES string of the molecule is Cc1cccc(-c2cc(C)nc(/C=C/C(=O)O)n2)c1. The Bertz CT molecular complexity index is 648. The van der Waals surface area contributed by atoms with E-state index in [4.69, 9.17) is 5.11 Å². The van der Waals surface area contributed by atoms with Gasteiger partial charge in [0.2, 0.25) is 0 Å². The van der Waals surface area contributed by atoms with Crippen molar-refractivity contribution in [3.8, 4) is 11.3 Å².